The number of hydrogen-bond donors (Lipinski definition) is 2. The van der Waals surface area contributed by atoms with Crippen LogP contribution in [0.3, 0.4) is 0 Å². The zero-order valence-corrected chi connectivity index (χ0v) is 12.7. The van der Waals surface area contributed by atoms with Gasteiger partial charge in [0.15, 0.2) is 0 Å². The summed E-state index contributed by atoms with van der Waals surface area (Å²) < 4.78 is 5.51. The van der Waals surface area contributed by atoms with Crippen molar-refractivity contribution in [3.63, 3.8) is 0 Å². The largest absolute Gasteiger partial charge is 0.394 e. The Hall–Kier alpha value is -0.810. The van der Waals surface area contributed by atoms with Crippen LogP contribution in [0.5, 0.6) is 0 Å². The van der Waals surface area contributed by atoms with Crippen molar-refractivity contribution in [2.24, 2.45) is 0 Å². The number of aliphatic hydroxyl groups excluding tert-OH is 1. The quantitative estimate of drug-likeness (QED) is 0.789. The predicted octanol–water partition coefficient (Wildman–Crippen LogP) is 2.04. The van der Waals surface area contributed by atoms with Crippen molar-refractivity contribution in [1.82, 2.24) is 5.32 Å². The van der Waals surface area contributed by atoms with Crippen LogP contribution in [0.15, 0.2) is 18.2 Å². The minimum absolute atomic E-state index is 0.0630. The second kappa shape index (κ2) is 7.84. The van der Waals surface area contributed by atoms with Gasteiger partial charge in [0.2, 0.25) is 0 Å². The average Bonchev–Trinajstić information content (AvgIpc) is 2.48. The molecule has 20 heavy (non-hydrogen) atoms. The fraction of sp³-hybridized carbons (Fsp3) is 0.600. The zero-order chi connectivity index (χ0) is 14.4. The lowest BCUT2D eigenvalue weighted by molar-refractivity contribution is 0.00352. The monoisotopic (exact) mass is 298 g/mol. The Balaban J connectivity index is 2.12. The van der Waals surface area contributed by atoms with Gasteiger partial charge in [-0.15, -0.1) is 0 Å². The molecule has 0 aromatic heterocycles. The predicted molar refractivity (Wildman–Crippen MR) is 82.5 cm³/mol. The Morgan fingerprint density at radius 1 is 1.50 bits per heavy atom. The molecule has 0 saturated carbocycles. The zero-order valence-electron chi connectivity index (χ0n) is 11.9. The van der Waals surface area contributed by atoms with Gasteiger partial charge in [-0.3, -0.25) is 0 Å². The number of aliphatic hydroxyl groups is 1. The molecular weight excluding hydrogens is 276 g/mol. The number of ether oxygens (including phenoxy) is 1. The van der Waals surface area contributed by atoms with Crippen molar-refractivity contribution < 1.29 is 9.84 Å². The highest BCUT2D eigenvalue weighted by Crippen LogP contribution is 2.26. The average molecular weight is 299 g/mol. The maximum absolute atomic E-state index is 9.26. The van der Waals surface area contributed by atoms with Crippen LogP contribution in [0.1, 0.15) is 18.9 Å². The van der Waals surface area contributed by atoms with E-state index in [0.717, 1.165) is 37.6 Å². The molecule has 1 aliphatic rings. The summed E-state index contributed by atoms with van der Waals surface area (Å²) in [5.41, 5.74) is 2.38. The Morgan fingerprint density at radius 2 is 2.35 bits per heavy atom. The van der Waals surface area contributed by atoms with Crippen LogP contribution in [-0.4, -0.2) is 44.1 Å². The Kier molecular flexibility index (Phi) is 6.10. The highest BCUT2D eigenvalue weighted by Gasteiger charge is 2.21. The maximum Gasteiger partial charge on any atom is 0.0980 e. The minimum atomic E-state index is -0.101. The molecule has 0 amide bonds. The van der Waals surface area contributed by atoms with E-state index in [-0.39, 0.29) is 12.7 Å². The summed E-state index contributed by atoms with van der Waals surface area (Å²) in [6.45, 7) is 6.24. The normalized spacial score (nSPS) is 19.4. The third kappa shape index (κ3) is 4.09. The standard InChI is InChI=1S/C15H23ClN2O2/c1-2-5-17-9-12-8-13(16)3-4-15(12)18-6-7-20-14(10-18)11-19/h3-4,8,14,17,19H,2,5-7,9-11H2,1H3. The third-order valence-corrected chi connectivity index (χ3v) is 3.70. The lowest BCUT2D eigenvalue weighted by atomic mass is 10.1. The number of morpholine rings is 1. The summed E-state index contributed by atoms with van der Waals surface area (Å²) in [7, 11) is 0. The first-order chi connectivity index (χ1) is 9.74. The molecule has 0 spiro atoms. The van der Waals surface area contributed by atoms with E-state index in [1.165, 1.54) is 11.3 Å². The first-order valence-electron chi connectivity index (χ1n) is 7.21. The van der Waals surface area contributed by atoms with Gasteiger partial charge in [-0.2, -0.15) is 0 Å². The van der Waals surface area contributed by atoms with E-state index in [0.29, 0.717) is 6.61 Å². The van der Waals surface area contributed by atoms with Crippen molar-refractivity contribution >= 4 is 17.3 Å². The molecule has 1 saturated heterocycles. The van der Waals surface area contributed by atoms with Gasteiger partial charge in [-0.05, 0) is 36.7 Å². The molecule has 2 rings (SSSR count). The van der Waals surface area contributed by atoms with E-state index < -0.39 is 0 Å². The Morgan fingerprint density at radius 3 is 3.10 bits per heavy atom. The highest BCUT2D eigenvalue weighted by molar-refractivity contribution is 6.30. The van der Waals surface area contributed by atoms with Crippen LogP contribution in [-0.2, 0) is 11.3 Å². The number of rotatable bonds is 6. The highest BCUT2D eigenvalue weighted by atomic mass is 35.5. The van der Waals surface area contributed by atoms with E-state index in [4.69, 9.17) is 16.3 Å². The lowest BCUT2D eigenvalue weighted by Crippen LogP contribution is -2.44. The smallest absolute Gasteiger partial charge is 0.0980 e. The van der Waals surface area contributed by atoms with Crippen molar-refractivity contribution in [1.29, 1.82) is 0 Å². The Labute approximate surface area is 125 Å². The number of nitrogens with one attached hydrogen (secondary N) is 1. The first kappa shape index (κ1) is 15.6. The fourth-order valence-corrected chi connectivity index (χ4v) is 2.65. The van der Waals surface area contributed by atoms with Crippen LogP contribution in [0, 0.1) is 0 Å². The molecule has 1 aliphatic heterocycles. The van der Waals surface area contributed by atoms with Crippen LogP contribution >= 0.6 is 11.6 Å². The topological polar surface area (TPSA) is 44.7 Å². The summed E-state index contributed by atoms with van der Waals surface area (Å²) in [6, 6.07) is 6.00. The van der Waals surface area contributed by atoms with E-state index >= 15 is 0 Å². The fourth-order valence-electron chi connectivity index (χ4n) is 2.45. The number of nitrogens with zero attached hydrogens (tertiary/aromatic N) is 1. The first-order valence-corrected chi connectivity index (χ1v) is 7.59. The van der Waals surface area contributed by atoms with Gasteiger partial charge in [0.05, 0.1) is 19.3 Å². The van der Waals surface area contributed by atoms with Crippen molar-refractivity contribution in [2.75, 3.05) is 37.7 Å². The van der Waals surface area contributed by atoms with Gasteiger partial charge in [0, 0.05) is 30.3 Å². The second-order valence-electron chi connectivity index (χ2n) is 5.07. The van der Waals surface area contributed by atoms with Crippen LogP contribution in [0.25, 0.3) is 0 Å². The molecule has 1 fully saturated rings. The number of hydrogen-bond acceptors (Lipinski definition) is 4. The third-order valence-electron chi connectivity index (χ3n) is 3.47. The minimum Gasteiger partial charge on any atom is -0.394 e. The molecular formula is C15H23ClN2O2. The summed E-state index contributed by atoms with van der Waals surface area (Å²) in [5, 5.41) is 13.4. The van der Waals surface area contributed by atoms with Crippen LogP contribution in [0.4, 0.5) is 5.69 Å². The van der Waals surface area contributed by atoms with Crippen molar-refractivity contribution in [3.8, 4) is 0 Å². The Bertz CT molecular complexity index is 428. The van der Waals surface area contributed by atoms with E-state index in [1.807, 2.05) is 12.1 Å². The molecule has 1 unspecified atom stereocenters. The molecule has 0 aliphatic carbocycles. The summed E-state index contributed by atoms with van der Waals surface area (Å²) in [4.78, 5) is 2.27. The van der Waals surface area contributed by atoms with Gasteiger partial charge in [-0.25, -0.2) is 0 Å². The maximum atomic E-state index is 9.26. The van der Waals surface area contributed by atoms with Gasteiger partial charge in [0.25, 0.3) is 0 Å². The van der Waals surface area contributed by atoms with E-state index in [1.54, 1.807) is 0 Å². The molecule has 1 atom stereocenters. The van der Waals surface area contributed by atoms with Gasteiger partial charge >= 0.3 is 0 Å². The van der Waals surface area contributed by atoms with Gasteiger partial charge in [-0.1, -0.05) is 18.5 Å². The van der Waals surface area contributed by atoms with Gasteiger partial charge < -0.3 is 20.1 Å². The molecule has 0 bridgehead atoms. The molecule has 2 N–H and O–H groups in total. The number of anilines is 1. The second-order valence-corrected chi connectivity index (χ2v) is 5.51. The van der Waals surface area contributed by atoms with Crippen molar-refractivity contribution in [2.45, 2.75) is 26.0 Å². The summed E-state index contributed by atoms with van der Waals surface area (Å²) in [6.07, 6.45) is 1.01. The molecule has 4 nitrogen and oxygen atoms in total. The van der Waals surface area contributed by atoms with Gasteiger partial charge in [0.1, 0.15) is 0 Å². The van der Waals surface area contributed by atoms with Crippen LogP contribution < -0.4 is 10.2 Å². The molecule has 0 radical (unpaired) electrons. The summed E-state index contributed by atoms with van der Waals surface area (Å²) >= 11 is 6.11. The number of benzene rings is 1. The van der Waals surface area contributed by atoms with E-state index in [2.05, 4.69) is 23.2 Å². The molecule has 1 aromatic rings. The molecule has 1 aromatic carbocycles. The SMILES string of the molecule is CCCNCc1cc(Cl)ccc1N1CCOC(CO)C1. The van der Waals surface area contributed by atoms with E-state index in [9.17, 15) is 5.11 Å². The molecule has 1 heterocycles. The molecule has 5 heteroatoms. The molecule has 112 valence electrons. The van der Waals surface area contributed by atoms with Crippen molar-refractivity contribution in [3.05, 3.63) is 28.8 Å². The summed E-state index contributed by atoms with van der Waals surface area (Å²) in [5.74, 6) is 0. The lowest BCUT2D eigenvalue weighted by Gasteiger charge is -2.35. The van der Waals surface area contributed by atoms with Crippen LogP contribution in [0.2, 0.25) is 5.02 Å². The number of halogens is 1.